The van der Waals surface area contributed by atoms with Crippen LogP contribution in [0.2, 0.25) is 10.0 Å². The van der Waals surface area contributed by atoms with E-state index in [4.69, 9.17) is 27.9 Å². The van der Waals surface area contributed by atoms with E-state index < -0.39 is 0 Å². The molecule has 478 valence electrons. The Labute approximate surface area is 597 Å². The van der Waals surface area contributed by atoms with Gasteiger partial charge in [-0.3, -0.25) is 0 Å². The molecule has 0 fully saturated rings. The maximum Gasteiger partial charge on any atom is 0.256 e. The van der Waals surface area contributed by atoms with Crippen LogP contribution in [0.1, 0.15) is 52.7 Å². The van der Waals surface area contributed by atoms with Gasteiger partial charge in [-0.1, -0.05) is 307 Å². The summed E-state index contributed by atoms with van der Waals surface area (Å²) in [7, 11) is 0. The highest BCUT2D eigenvalue weighted by Crippen LogP contribution is 2.56. The number of hydrogen-bond donors (Lipinski definition) is 0. The Kier molecular flexibility index (Phi) is 14.6. The predicted molar refractivity (Wildman–Crippen MR) is 426 cm³/mol. The molecule has 14 aromatic rings. The Morgan fingerprint density at radius 1 is 0.260 bits per heavy atom. The van der Waals surface area contributed by atoms with E-state index in [1.54, 1.807) is 0 Å². The Morgan fingerprint density at radius 2 is 0.580 bits per heavy atom. The molecule has 0 atom stereocenters. The molecular weight excluding hydrogens is 1260 g/mol. The summed E-state index contributed by atoms with van der Waals surface area (Å²) >= 11 is 15.0. The molecule has 0 aliphatic carbocycles. The zero-order chi connectivity index (χ0) is 67.7. The second kappa shape index (κ2) is 23.9. The van der Waals surface area contributed by atoms with E-state index in [-0.39, 0.29) is 24.3 Å². The van der Waals surface area contributed by atoms with Crippen LogP contribution in [0.3, 0.4) is 0 Å². The molecule has 4 heterocycles. The van der Waals surface area contributed by atoms with Gasteiger partial charge in [0.2, 0.25) is 0 Å². The minimum Gasteiger partial charge on any atom is -0.458 e. The number of ether oxygens (including phenoxy) is 1. The summed E-state index contributed by atoms with van der Waals surface area (Å²) in [5.74, 6) is 1.67. The lowest BCUT2D eigenvalue weighted by Crippen LogP contribution is -2.64. The number of benzene rings is 14. The molecule has 0 saturated heterocycles. The van der Waals surface area contributed by atoms with Gasteiger partial charge >= 0.3 is 0 Å². The van der Waals surface area contributed by atoms with E-state index in [9.17, 15) is 0 Å². The van der Waals surface area contributed by atoms with Gasteiger partial charge < -0.3 is 19.4 Å². The summed E-state index contributed by atoms with van der Waals surface area (Å²) in [4.78, 5) is 7.76. The van der Waals surface area contributed by atoms with Crippen molar-refractivity contribution >= 4 is 121 Å². The van der Waals surface area contributed by atoms with Crippen molar-refractivity contribution < 1.29 is 4.74 Å². The third-order valence-corrected chi connectivity index (χ3v) is 21.3. The van der Waals surface area contributed by atoms with Crippen molar-refractivity contribution in [2.45, 2.75) is 52.4 Å². The van der Waals surface area contributed by atoms with Gasteiger partial charge in [0, 0.05) is 83.6 Å². The zero-order valence-electron chi connectivity index (χ0n) is 56.6. The average Bonchev–Trinajstić information content (AvgIpc) is 0.685. The summed E-state index contributed by atoms with van der Waals surface area (Å²) in [5.41, 5.74) is 31.3. The fourth-order valence-electron chi connectivity index (χ4n) is 16.2. The van der Waals surface area contributed by atoms with E-state index in [2.05, 4.69) is 366 Å². The first-order valence-electron chi connectivity index (χ1n) is 34.7. The van der Waals surface area contributed by atoms with Crippen LogP contribution in [0.15, 0.2) is 309 Å². The Balaban J connectivity index is 0.974. The quantitative estimate of drug-likeness (QED) is 0.134. The fraction of sp³-hybridized carbons (Fsp3) is 0.0870. The zero-order valence-corrected chi connectivity index (χ0v) is 58.1. The van der Waals surface area contributed by atoms with Gasteiger partial charge in [0.1, 0.15) is 11.5 Å². The van der Waals surface area contributed by atoms with Crippen LogP contribution in [-0.4, -0.2) is 13.4 Å². The molecule has 8 heteroatoms. The van der Waals surface area contributed by atoms with E-state index in [1.807, 2.05) is 0 Å². The highest BCUT2D eigenvalue weighted by atomic mass is 35.5. The summed E-state index contributed by atoms with van der Waals surface area (Å²) in [6, 6.07) is 113. The second-order valence-electron chi connectivity index (χ2n) is 29.0. The van der Waals surface area contributed by atoms with Crippen molar-refractivity contribution in [3.05, 3.63) is 331 Å². The first-order valence-corrected chi connectivity index (χ1v) is 35.4. The van der Waals surface area contributed by atoms with Crippen LogP contribution < -0.4 is 52.2 Å². The van der Waals surface area contributed by atoms with Gasteiger partial charge in [0.15, 0.2) is 0 Å². The lowest BCUT2D eigenvalue weighted by molar-refractivity contribution is 0.483. The number of hydrogen-bond acceptors (Lipinski definition) is 4. The minimum atomic E-state index is -0.332. The molecule has 0 saturated carbocycles. The molecule has 14 aromatic carbocycles. The highest BCUT2D eigenvalue weighted by molar-refractivity contribution is 7.02. The standard InChI is InChI=1S/C92H69B2Cl2N3O/c1-91(2,3)64-48-81-86-82(49-64)99(90-72(62-38-21-11-22-39-62)54-67(96)55-73(90)63-40-23-12-24-41-63)80-57-84-77(56-76(80)93(86)74-44-25-27-46-78(74)97(81)89-70(60-34-17-9-18-35-60)52-66(95)53-71(89)61-36-19-10-20-37-61)94-75-45-26-28-47-79(75)98(83-50-65(92(4,5)6)51-85(100-84)87(83)94)88-68(58-30-13-7-14-31-58)42-29-43-69(88)59-32-15-8-16-33-59/h7-57H,1-6H3. The molecule has 0 spiro atoms. The maximum absolute atomic E-state index is 7.93. The molecule has 0 unspecified atom stereocenters. The molecule has 100 heavy (non-hydrogen) atoms. The van der Waals surface area contributed by atoms with Crippen molar-refractivity contribution in [2.24, 2.45) is 0 Å². The lowest BCUT2D eigenvalue weighted by atomic mass is 9.30. The van der Waals surface area contributed by atoms with Gasteiger partial charge in [-0.05, 0) is 149 Å². The van der Waals surface area contributed by atoms with E-state index in [0.717, 1.165) is 140 Å². The smallest absolute Gasteiger partial charge is 0.256 e. The largest absolute Gasteiger partial charge is 0.458 e. The first-order chi connectivity index (χ1) is 48.7. The lowest BCUT2D eigenvalue weighted by Gasteiger charge is -2.47. The summed E-state index contributed by atoms with van der Waals surface area (Å²) in [6.07, 6.45) is 0. The molecule has 4 aliphatic heterocycles. The number of halogens is 2. The molecular formula is C92H69B2Cl2N3O. The maximum atomic E-state index is 7.93. The summed E-state index contributed by atoms with van der Waals surface area (Å²) < 4.78 is 7.93. The molecule has 0 radical (unpaired) electrons. The van der Waals surface area contributed by atoms with Crippen LogP contribution in [-0.2, 0) is 10.8 Å². The molecule has 0 aromatic heterocycles. The first kappa shape index (κ1) is 61.3. The van der Waals surface area contributed by atoms with Crippen LogP contribution in [0.5, 0.6) is 11.5 Å². The molecule has 4 aliphatic rings. The van der Waals surface area contributed by atoms with Gasteiger partial charge in [-0.25, -0.2) is 0 Å². The SMILES string of the molecule is CC(C)(C)c1cc2c3c(c1)N(c1c(-c4ccccc4)cccc1-c1ccccc1)c1ccccc1B3c1cc3c(cc1O2)N(c1c(-c2ccccc2)cc(Cl)cc1-c1ccccc1)c1cc(C(C)(C)C)cc2c1B3c1ccccc1N2c1c(-c2ccccc2)cc(Cl)cc1-c1ccccc1. The van der Waals surface area contributed by atoms with Gasteiger partial charge in [0.05, 0.1) is 17.1 Å². The van der Waals surface area contributed by atoms with E-state index in [0.29, 0.717) is 10.0 Å². The van der Waals surface area contributed by atoms with Gasteiger partial charge in [-0.2, -0.15) is 0 Å². The van der Waals surface area contributed by atoms with Crippen molar-refractivity contribution in [1.29, 1.82) is 0 Å². The molecule has 0 bridgehead atoms. The minimum absolute atomic E-state index is 0.247. The van der Waals surface area contributed by atoms with Crippen molar-refractivity contribution in [2.75, 3.05) is 14.7 Å². The summed E-state index contributed by atoms with van der Waals surface area (Å²) in [6.45, 7) is 13.4. The topological polar surface area (TPSA) is 19.0 Å². The molecule has 4 nitrogen and oxygen atoms in total. The molecule has 0 N–H and O–H groups in total. The fourth-order valence-corrected chi connectivity index (χ4v) is 16.7. The third-order valence-electron chi connectivity index (χ3n) is 20.9. The van der Waals surface area contributed by atoms with Crippen LogP contribution in [0.4, 0.5) is 51.2 Å². The van der Waals surface area contributed by atoms with Crippen molar-refractivity contribution in [3.8, 4) is 78.3 Å². The highest BCUT2D eigenvalue weighted by Gasteiger charge is 2.50. The normalized spacial score (nSPS) is 13.2. The van der Waals surface area contributed by atoms with Crippen molar-refractivity contribution in [3.63, 3.8) is 0 Å². The Bertz CT molecular complexity index is 5400. The number of anilines is 9. The van der Waals surface area contributed by atoms with Crippen LogP contribution in [0.25, 0.3) is 66.8 Å². The van der Waals surface area contributed by atoms with Crippen molar-refractivity contribution in [1.82, 2.24) is 0 Å². The third kappa shape index (κ3) is 10.0. The van der Waals surface area contributed by atoms with Gasteiger partial charge in [0.25, 0.3) is 13.4 Å². The van der Waals surface area contributed by atoms with E-state index in [1.165, 1.54) is 33.0 Å². The number of fused-ring (bicyclic) bond motifs is 8. The number of para-hydroxylation sites is 3. The number of rotatable bonds is 9. The molecule has 0 amide bonds. The second-order valence-corrected chi connectivity index (χ2v) is 29.8. The summed E-state index contributed by atoms with van der Waals surface area (Å²) in [5, 5.41) is 1.31. The Morgan fingerprint density at radius 3 is 0.970 bits per heavy atom. The van der Waals surface area contributed by atoms with E-state index >= 15 is 0 Å². The van der Waals surface area contributed by atoms with Crippen LogP contribution in [0, 0.1) is 0 Å². The monoisotopic (exact) mass is 1320 g/mol. The van der Waals surface area contributed by atoms with Gasteiger partial charge in [-0.15, -0.1) is 0 Å². The Hall–Kier alpha value is -11.0. The average molecular weight is 1330 g/mol. The van der Waals surface area contributed by atoms with Crippen LogP contribution >= 0.6 is 23.2 Å². The predicted octanol–water partition coefficient (Wildman–Crippen LogP) is 22.1. The molecule has 18 rings (SSSR count). The number of nitrogens with zero attached hydrogens (tertiary/aromatic N) is 3.